The SMILES string of the molecule is CCOC(=O)C1(C#N)C(c2ccc(Cl)cc2)C1S(C)(=O)=O. The van der Waals surface area contributed by atoms with Crippen LogP contribution in [-0.4, -0.2) is 32.5 Å². The molecule has 0 spiro atoms. The Morgan fingerprint density at radius 2 is 2.00 bits per heavy atom. The van der Waals surface area contributed by atoms with Crippen molar-refractivity contribution < 1.29 is 17.9 Å². The summed E-state index contributed by atoms with van der Waals surface area (Å²) < 4.78 is 28.8. The molecular weight excluding hydrogens is 314 g/mol. The minimum Gasteiger partial charge on any atom is -0.465 e. The number of carbonyl (C=O) groups excluding carboxylic acids is 1. The molecule has 1 aromatic rings. The molecule has 0 radical (unpaired) electrons. The molecule has 21 heavy (non-hydrogen) atoms. The number of halogens is 1. The summed E-state index contributed by atoms with van der Waals surface area (Å²) in [6.45, 7) is 1.70. The first-order chi connectivity index (χ1) is 9.79. The molecular formula is C14H14ClNO4S. The maximum atomic E-state index is 12.1. The number of hydrogen-bond donors (Lipinski definition) is 0. The van der Waals surface area contributed by atoms with Crippen molar-refractivity contribution in [2.24, 2.45) is 5.41 Å². The van der Waals surface area contributed by atoms with Crippen LogP contribution in [0.25, 0.3) is 0 Å². The van der Waals surface area contributed by atoms with Crippen LogP contribution in [-0.2, 0) is 19.4 Å². The molecule has 1 saturated carbocycles. The lowest BCUT2D eigenvalue weighted by Crippen LogP contribution is -2.24. The second-order valence-electron chi connectivity index (χ2n) is 4.98. The summed E-state index contributed by atoms with van der Waals surface area (Å²) in [7, 11) is -3.58. The van der Waals surface area contributed by atoms with Gasteiger partial charge in [0, 0.05) is 17.2 Å². The number of benzene rings is 1. The smallest absolute Gasteiger partial charge is 0.328 e. The zero-order valence-corrected chi connectivity index (χ0v) is 13.1. The number of hydrogen-bond acceptors (Lipinski definition) is 5. The van der Waals surface area contributed by atoms with Crippen LogP contribution in [0.4, 0.5) is 0 Å². The van der Waals surface area contributed by atoms with Crippen LogP contribution in [0.3, 0.4) is 0 Å². The van der Waals surface area contributed by atoms with Crippen molar-refractivity contribution >= 4 is 27.4 Å². The van der Waals surface area contributed by atoms with Crippen molar-refractivity contribution in [2.75, 3.05) is 12.9 Å². The number of nitriles is 1. The van der Waals surface area contributed by atoms with Gasteiger partial charge < -0.3 is 4.74 Å². The zero-order valence-electron chi connectivity index (χ0n) is 11.5. The Labute approximate surface area is 128 Å². The first-order valence-corrected chi connectivity index (χ1v) is 8.65. The normalized spacial score (nSPS) is 27.7. The van der Waals surface area contributed by atoms with Crippen LogP contribution in [0.15, 0.2) is 24.3 Å². The van der Waals surface area contributed by atoms with Gasteiger partial charge in [-0.1, -0.05) is 23.7 Å². The standard InChI is InChI=1S/C14H14ClNO4S/c1-3-20-13(17)14(8-16)11(12(14)21(2,18)19)9-4-6-10(15)7-5-9/h4-7,11-12H,3H2,1-2H3. The zero-order chi connectivity index (χ0) is 15.8. The predicted molar refractivity (Wildman–Crippen MR) is 77.5 cm³/mol. The molecule has 3 unspecified atom stereocenters. The third-order valence-electron chi connectivity index (χ3n) is 3.62. The molecule has 0 bridgehead atoms. The first kappa shape index (κ1) is 15.8. The van der Waals surface area contributed by atoms with Crippen LogP contribution < -0.4 is 0 Å². The van der Waals surface area contributed by atoms with Gasteiger partial charge in [-0.15, -0.1) is 0 Å². The number of nitrogens with zero attached hydrogens (tertiary/aromatic N) is 1. The van der Waals surface area contributed by atoms with E-state index in [9.17, 15) is 18.5 Å². The molecule has 1 aromatic carbocycles. The van der Waals surface area contributed by atoms with Crippen molar-refractivity contribution in [2.45, 2.75) is 18.1 Å². The number of esters is 1. The van der Waals surface area contributed by atoms with Crippen LogP contribution in [0, 0.1) is 16.7 Å². The highest BCUT2D eigenvalue weighted by Crippen LogP contribution is 2.63. The van der Waals surface area contributed by atoms with Gasteiger partial charge in [0.15, 0.2) is 15.3 Å². The van der Waals surface area contributed by atoms with Gasteiger partial charge in [0.2, 0.25) is 0 Å². The van der Waals surface area contributed by atoms with Crippen molar-refractivity contribution in [1.29, 1.82) is 5.26 Å². The number of carbonyl (C=O) groups is 1. The summed E-state index contributed by atoms with van der Waals surface area (Å²) in [5.74, 6) is -1.52. The quantitative estimate of drug-likeness (QED) is 0.789. The minimum absolute atomic E-state index is 0.0894. The topological polar surface area (TPSA) is 84.2 Å². The fourth-order valence-corrected chi connectivity index (χ4v) is 4.61. The molecule has 0 heterocycles. The van der Waals surface area contributed by atoms with Gasteiger partial charge in [-0.05, 0) is 24.6 Å². The molecule has 0 N–H and O–H groups in total. The number of rotatable bonds is 4. The van der Waals surface area contributed by atoms with E-state index in [1.807, 2.05) is 6.07 Å². The summed E-state index contributed by atoms with van der Waals surface area (Å²) in [5, 5.41) is 8.84. The Bertz CT molecular complexity index is 707. The van der Waals surface area contributed by atoms with Gasteiger partial charge in [-0.3, -0.25) is 4.79 Å². The van der Waals surface area contributed by atoms with E-state index in [2.05, 4.69) is 0 Å². The molecule has 0 saturated heterocycles. The Morgan fingerprint density at radius 3 is 2.43 bits per heavy atom. The van der Waals surface area contributed by atoms with E-state index in [1.54, 1.807) is 31.2 Å². The van der Waals surface area contributed by atoms with Gasteiger partial charge in [-0.2, -0.15) is 5.26 Å². The van der Waals surface area contributed by atoms with Gasteiger partial charge in [0.1, 0.15) is 5.25 Å². The highest BCUT2D eigenvalue weighted by Gasteiger charge is 2.76. The molecule has 112 valence electrons. The second-order valence-corrected chi connectivity index (χ2v) is 7.58. The molecule has 1 fully saturated rings. The van der Waals surface area contributed by atoms with Gasteiger partial charge in [0.05, 0.1) is 12.7 Å². The van der Waals surface area contributed by atoms with Crippen LogP contribution in [0.1, 0.15) is 18.4 Å². The highest BCUT2D eigenvalue weighted by atomic mass is 35.5. The third kappa shape index (κ3) is 2.52. The molecule has 2 rings (SSSR count). The number of ether oxygens (including phenoxy) is 1. The average molecular weight is 328 g/mol. The van der Waals surface area contributed by atoms with Gasteiger partial charge in [-0.25, -0.2) is 8.42 Å². The van der Waals surface area contributed by atoms with Crippen molar-refractivity contribution in [3.8, 4) is 6.07 Å². The lowest BCUT2D eigenvalue weighted by atomic mass is 10.0. The molecule has 0 aromatic heterocycles. The van der Waals surface area contributed by atoms with Crippen molar-refractivity contribution in [3.05, 3.63) is 34.9 Å². The molecule has 1 aliphatic rings. The molecule has 3 atom stereocenters. The Morgan fingerprint density at radius 1 is 1.43 bits per heavy atom. The van der Waals surface area contributed by atoms with Crippen LogP contribution in [0.5, 0.6) is 0 Å². The van der Waals surface area contributed by atoms with Crippen LogP contribution in [0.2, 0.25) is 5.02 Å². The Kier molecular flexibility index (Phi) is 4.00. The molecule has 7 heteroatoms. The largest absolute Gasteiger partial charge is 0.465 e. The molecule has 0 amide bonds. The van der Waals surface area contributed by atoms with E-state index in [0.717, 1.165) is 6.26 Å². The maximum absolute atomic E-state index is 12.1. The molecule has 5 nitrogen and oxygen atoms in total. The lowest BCUT2D eigenvalue weighted by Gasteiger charge is -2.08. The van der Waals surface area contributed by atoms with E-state index in [1.165, 1.54) is 0 Å². The van der Waals surface area contributed by atoms with Gasteiger partial charge >= 0.3 is 5.97 Å². The molecule has 1 aliphatic carbocycles. The third-order valence-corrected chi connectivity index (χ3v) is 5.44. The first-order valence-electron chi connectivity index (χ1n) is 6.31. The van der Waals surface area contributed by atoms with E-state index in [4.69, 9.17) is 16.3 Å². The Balaban J connectivity index is 2.50. The monoisotopic (exact) mass is 327 g/mol. The van der Waals surface area contributed by atoms with E-state index in [0.29, 0.717) is 10.6 Å². The van der Waals surface area contributed by atoms with Gasteiger partial charge in [0.25, 0.3) is 0 Å². The van der Waals surface area contributed by atoms with Crippen molar-refractivity contribution in [3.63, 3.8) is 0 Å². The summed E-state index contributed by atoms with van der Waals surface area (Å²) in [6.07, 6.45) is 1.03. The highest BCUT2D eigenvalue weighted by molar-refractivity contribution is 7.91. The fraction of sp³-hybridized carbons (Fsp3) is 0.429. The summed E-state index contributed by atoms with van der Waals surface area (Å²) >= 11 is 5.81. The lowest BCUT2D eigenvalue weighted by molar-refractivity contribution is -0.147. The fourth-order valence-electron chi connectivity index (χ4n) is 2.72. The van der Waals surface area contributed by atoms with E-state index >= 15 is 0 Å². The van der Waals surface area contributed by atoms with E-state index < -0.39 is 32.4 Å². The predicted octanol–water partition coefficient (Wildman–Crippen LogP) is 1.92. The summed E-state index contributed by atoms with van der Waals surface area (Å²) in [6, 6.07) is 8.33. The second kappa shape index (κ2) is 5.32. The summed E-state index contributed by atoms with van der Waals surface area (Å²) in [5.41, 5.74) is -1.08. The minimum atomic E-state index is -3.58. The average Bonchev–Trinajstić information content (AvgIpc) is 3.10. The Hall–Kier alpha value is -1.58. The van der Waals surface area contributed by atoms with E-state index in [-0.39, 0.29) is 6.61 Å². The molecule has 0 aliphatic heterocycles. The van der Waals surface area contributed by atoms with Crippen LogP contribution >= 0.6 is 11.6 Å². The summed E-state index contributed by atoms with van der Waals surface area (Å²) in [4.78, 5) is 12.1. The van der Waals surface area contributed by atoms with Crippen molar-refractivity contribution in [1.82, 2.24) is 0 Å². The number of sulfone groups is 1. The maximum Gasteiger partial charge on any atom is 0.328 e.